The molecule has 1 aliphatic rings. The lowest BCUT2D eigenvalue weighted by Gasteiger charge is -2.27. The van der Waals surface area contributed by atoms with Crippen molar-refractivity contribution < 1.29 is 9.47 Å². The van der Waals surface area contributed by atoms with Gasteiger partial charge in [0.1, 0.15) is 11.5 Å². The largest absolute Gasteiger partial charge is 0.497 e. The monoisotopic (exact) mass is 235 g/mol. The van der Waals surface area contributed by atoms with Crippen LogP contribution < -0.4 is 15.2 Å². The van der Waals surface area contributed by atoms with Crippen LogP contribution in [0.25, 0.3) is 0 Å². The lowest BCUT2D eigenvalue weighted by atomic mass is 9.89. The van der Waals surface area contributed by atoms with Crippen molar-refractivity contribution in [1.29, 1.82) is 0 Å². The lowest BCUT2D eigenvalue weighted by molar-refractivity contribution is 0.129. The average Bonchev–Trinajstić information content (AvgIpc) is 2.28. The molecule has 0 radical (unpaired) electrons. The van der Waals surface area contributed by atoms with Crippen LogP contribution in [0, 0.1) is 5.92 Å². The Balaban J connectivity index is 2.04. The zero-order valence-electron chi connectivity index (χ0n) is 10.6. The molecule has 0 aromatic heterocycles. The second-order valence-corrected chi connectivity index (χ2v) is 4.95. The Morgan fingerprint density at radius 3 is 2.65 bits per heavy atom. The number of methoxy groups -OCH3 is 1. The molecule has 0 saturated heterocycles. The quantitative estimate of drug-likeness (QED) is 0.818. The predicted molar refractivity (Wildman–Crippen MR) is 69.5 cm³/mol. The molecule has 1 aliphatic carbocycles. The second-order valence-electron chi connectivity index (χ2n) is 4.95. The highest BCUT2D eigenvalue weighted by molar-refractivity contribution is 5.50. The Morgan fingerprint density at radius 1 is 1.18 bits per heavy atom. The highest BCUT2D eigenvalue weighted by Crippen LogP contribution is 2.30. The smallest absolute Gasteiger partial charge is 0.125 e. The van der Waals surface area contributed by atoms with E-state index in [4.69, 9.17) is 15.2 Å². The first-order valence-corrected chi connectivity index (χ1v) is 6.28. The molecular weight excluding hydrogens is 214 g/mol. The van der Waals surface area contributed by atoms with Crippen molar-refractivity contribution in [3.63, 3.8) is 0 Å². The maximum absolute atomic E-state index is 5.99. The number of anilines is 1. The number of benzene rings is 1. The summed E-state index contributed by atoms with van der Waals surface area (Å²) in [5, 5.41) is 0. The Kier molecular flexibility index (Phi) is 3.77. The summed E-state index contributed by atoms with van der Waals surface area (Å²) in [6.07, 6.45) is 5.18. The van der Waals surface area contributed by atoms with Crippen LogP contribution in [0.1, 0.15) is 32.6 Å². The van der Waals surface area contributed by atoms with Crippen LogP contribution in [0.4, 0.5) is 5.69 Å². The normalized spacial score (nSPS) is 24.4. The molecular formula is C14H21NO2. The molecule has 0 heterocycles. The van der Waals surface area contributed by atoms with Gasteiger partial charge in [-0.25, -0.2) is 0 Å². The summed E-state index contributed by atoms with van der Waals surface area (Å²) in [7, 11) is 1.64. The number of hydrogen-bond donors (Lipinski definition) is 1. The molecule has 1 aromatic carbocycles. The molecule has 1 saturated carbocycles. The molecule has 0 amide bonds. The fourth-order valence-corrected chi connectivity index (χ4v) is 2.46. The molecule has 2 unspecified atom stereocenters. The summed E-state index contributed by atoms with van der Waals surface area (Å²) in [6, 6.07) is 5.56. The molecule has 1 fully saturated rings. The van der Waals surface area contributed by atoms with Gasteiger partial charge in [0, 0.05) is 23.9 Å². The van der Waals surface area contributed by atoms with E-state index in [0.29, 0.717) is 11.8 Å². The third kappa shape index (κ3) is 3.29. The van der Waals surface area contributed by atoms with Gasteiger partial charge in [0.25, 0.3) is 0 Å². The van der Waals surface area contributed by atoms with Crippen molar-refractivity contribution in [3.05, 3.63) is 18.2 Å². The van der Waals surface area contributed by atoms with Crippen molar-refractivity contribution in [1.82, 2.24) is 0 Å². The standard InChI is InChI=1S/C14H21NO2/c1-10-4-3-5-12(6-10)17-14-8-11(15)7-13(9-14)16-2/h7-10,12H,3-6,15H2,1-2H3. The topological polar surface area (TPSA) is 44.5 Å². The molecule has 3 nitrogen and oxygen atoms in total. The fourth-order valence-electron chi connectivity index (χ4n) is 2.46. The van der Waals surface area contributed by atoms with E-state index < -0.39 is 0 Å². The molecule has 1 aromatic rings. The third-order valence-corrected chi connectivity index (χ3v) is 3.33. The molecule has 2 atom stereocenters. The van der Waals surface area contributed by atoms with Crippen molar-refractivity contribution >= 4 is 5.69 Å². The van der Waals surface area contributed by atoms with Gasteiger partial charge in [-0.1, -0.05) is 13.3 Å². The van der Waals surface area contributed by atoms with Gasteiger partial charge < -0.3 is 15.2 Å². The number of rotatable bonds is 3. The fraction of sp³-hybridized carbons (Fsp3) is 0.571. The summed E-state index contributed by atoms with van der Waals surface area (Å²) in [5.41, 5.74) is 6.49. The first-order chi connectivity index (χ1) is 8.17. The second kappa shape index (κ2) is 5.30. The number of nitrogen functional groups attached to an aromatic ring is 1. The SMILES string of the molecule is COc1cc(N)cc(OC2CCCC(C)C2)c1. The number of hydrogen-bond acceptors (Lipinski definition) is 3. The van der Waals surface area contributed by atoms with Crippen molar-refractivity contribution in [2.75, 3.05) is 12.8 Å². The van der Waals surface area contributed by atoms with E-state index in [1.165, 1.54) is 12.8 Å². The molecule has 0 spiro atoms. The highest BCUT2D eigenvalue weighted by atomic mass is 16.5. The molecule has 0 bridgehead atoms. The zero-order valence-corrected chi connectivity index (χ0v) is 10.6. The van der Waals surface area contributed by atoms with Crippen LogP contribution in [0.2, 0.25) is 0 Å². The van der Waals surface area contributed by atoms with Gasteiger partial charge in [0.05, 0.1) is 13.2 Å². The van der Waals surface area contributed by atoms with Gasteiger partial charge in [-0.3, -0.25) is 0 Å². The van der Waals surface area contributed by atoms with Gasteiger partial charge in [0.2, 0.25) is 0 Å². The lowest BCUT2D eigenvalue weighted by Crippen LogP contribution is -2.24. The van der Waals surface area contributed by atoms with Crippen LogP contribution in [-0.4, -0.2) is 13.2 Å². The summed E-state index contributed by atoms with van der Waals surface area (Å²) in [4.78, 5) is 0. The van der Waals surface area contributed by atoms with Crippen LogP contribution in [0.5, 0.6) is 11.5 Å². The first kappa shape index (κ1) is 12.1. The minimum Gasteiger partial charge on any atom is -0.497 e. The van der Waals surface area contributed by atoms with Crippen LogP contribution in [0.3, 0.4) is 0 Å². The van der Waals surface area contributed by atoms with E-state index in [9.17, 15) is 0 Å². The Labute approximate surface area is 103 Å². The zero-order chi connectivity index (χ0) is 12.3. The number of ether oxygens (including phenoxy) is 2. The summed E-state index contributed by atoms with van der Waals surface area (Å²) < 4.78 is 11.2. The molecule has 94 valence electrons. The molecule has 17 heavy (non-hydrogen) atoms. The van der Waals surface area contributed by atoms with E-state index in [1.807, 2.05) is 12.1 Å². The summed E-state index contributed by atoms with van der Waals surface area (Å²) >= 11 is 0. The average molecular weight is 235 g/mol. The van der Waals surface area contributed by atoms with Gasteiger partial charge >= 0.3 is 0 Å². The number of nitrogens with two attached hydrogens (primary N) is 1. The maximum atomic E-state index is 5.99. The third-order valence-electron chi connectivity index (χ3n) is 3.33. The Hall–Kier alpha value is -1.38. The highest BCUT2D eigenvalue weighted by Gasteiger charge is 2.20. The minimum atomic E-state index is 0.324. The predicted octanol–water partition coefficient (Wildman–Crippen LogP) is 3.23. The van der Waals surface area contributed by atoms with E-state index >= 15 is 0 Å². The maximum Gasteiger partial charge on any atom is 0.125 e. The van der Waals surface area contributed by atoms with Gasteiger partial charge in [-0.2, -0.15) is 0 Å². The van der Waals surface area contributed by atoms with Crippen LogP contribution in [-0.2, 0) is 0 Å². The van der Waals surface area contributed by atoms with E-state index in [0.717, 1.165) is 30.3 Å². The Bertz CT molecular complexity index is 378. The van der Waals surface area contributed by atoms with E-state index in [-0.39, 0.29) is 0 Å². The molecule has 0 aliphatic heterocycles. The van der Waals surface area contributed by atoms with E-state index in [1.54, 1.807) is 13.2 Å². The van der Waals surface area contributed by atoms with Crippen LogP contribution >= 0.6 is 0 Å². The summed E-state index contributed by atoms with van der Waals surface area (Å²) in [6.45, 7) is 2.29. The van der Waals surface area contributed by atoms with Gasteiger partial charge in [-0.05, 0) is 25.2 Å². The Morgan fingerprint density at radius 2 is 1.94 bits per heavy atom. The van der Waals surface area contributed by atoms with Crippen molar-refractivity contribution in [2.45, 2.75) is 38.7 Å². The summed E-state index contributed by atoms with van der Waals surface area (Å²) in [5.74, 6) is 2.33. The van der Waals surface area contributed by atoms with Crippen molar-refractivity contribution in [2.24, 2.45) is 5.92 Å². The van der Waals surface area contributed by atoms with Crippen molar-refractivity contribution in [3.8, 4) is 11.5 Å². The van der Waals surface area contributed by atoms with Gasteiger partial charge in [-0.15, -0.1) is 0 Å². The molecule has 3 heteroatoms. The molecule has 2 N–H and O–H groups in total. The minimum absolute atomic E-state index is 0.324. The molecule has 2 rings (SSSR count). The van der Waals surface area contributed by atoms with Gasteiger partial charge in [0.15, 0.2) is 0 Å². The van der Waals surface area contributed by atoms with E-state index in [2.05, 4.69) is 6.92 Å². The first-order valence-electron chi connectivity index (χ1n) is 6.28. The van der Waals surface area contributed by atoms with Crippen LogP contribution in [0.15, 0.2) is 18.2 Å².